The fraction of sp³-hybridized carbons (Fsp3) is 0.632. The number of guanidine groups is 1. The maximum absolute atomic E-state index is 13.1. The van der Waals surface area contributed by atoms with Gasteiger partial charge in [0, 0.05) is 52.4 Å². The van der Waals surface area contributed by atoms with Crippen molar-refractivity contribution in [3.05, 3.63) is 35.6 Å². The lowest BCUT2D eigenvalue weighted by molar-refractivity contribution is 0.180. The molecule has 0 aromatic heterocycles. The first kappa shape index (κ1) is 19.7. The summed E-state index contributed by atoms with van der Waals surface area (Å²) in [7, 11) is 5.63. The number of hydrogen-bond donors (Lipinski definition) is 2. The van der Waals surface area contributed by atoms with E-state index < -0.39 is 0 Å². The van der Waals surface area contributed by atoms with E-state index in [4.69, 9.17) is 4.74 Å². The van der Waals surface area contributed by atoms with Crippen LogP contribution in [0.25, 0.3) is 0 Å². The highest BCUT2D eigenvalue weighted by molar-refractivity contribution is 5.79. The van der Waals surface area contributed by atoms with Crippen molar-refractivity contribution < 1.29 is 9.13 Å². The Morgan fingerprint density at radius 3 is 2.56 bits per heavy atom. The summed E-state index contributed by atoms with van der Waals surface area (Å²) in [5.41, 5.74) is 1.33. The summed E-state index contributed by atoms with van der Waals surface area (Å²) in [6.45, 7) is 4.43. The zero-order valence-electron chi connectivity index (χ0n) is 15.6. The van der Waals surface area contributed by atoms with Gasteiger partial charge >= 0.3 is 0 Å². The summed E-state index contributed by atoms with van der Waals surface area (Å²) in [5, 5.41) is 6.78. The number of halogens is 1. The SMILES string of the molecule is CN=C(NCCN(C)CCCOC)NCC1(c2ccc(F)cc2)CC1. The molecule has 2 N–H and O–H groups in total. The molecule has 0 radical (unpaired) electrons. The van der Waals surface area contributed by atoms with Gasteiger partial charge in [0.1, 0.15) is 5.82 Å². The summed E-state index contributed by atoms with van der Waals surface area (Å²) in [5.74, 6) is 0.637. The first-order chi connectivity index (χ1) is 12.1. The topological polar surface area (TPSA) is 48.9 Å². The Morgan fingerprint density at radius 2 is 1.96 bits per heavy atom. The highest BCUT2D eigenvalue weighted by Gasteiger charge is 2.44. The molecule has 0 saturated heterocycles. The smallest absolute Gasteiger partial charge is 0.191 e. The summed E-state index contributed by atoms with van der Waals surface area (Å²) in [6, 6.07) is 6.88. The van der Waals surface area contributed by atoms with E-state index in [1.54, 1.807) is 26.3 Å². The van der Waals surface area contributed by atoms with Crippen molar-refractivity contribution in [2.75, 3.05) is 54.0 Å². The lowest BCUT2D eigenvalue weighted by Gasteiger charge is -2.21. The van der Waals surface area contributed by atoms with Crippen LogP contribution in [-0.4, -0.2) is 64.9 Å². The molecule has 0 aliphatic heterocycles. The number of likely N-dealkylation sites (N-methyl/N-ethyl adjacent to an activating group) is 1. The number of benzene rings is 1. The number of nitrogens with one attached hydrogen (secondary N) is 2. The second-order valence-electron chi connectivity index (χ2n) is 6.79. The maximum atomic E-state index is 13.1. The molecular weight excluding hydrogens is 319 g/mol. The van der Waals surface area contributed by atoms with Crippen LogP contribution in [0, 0.1) is 5.82 Å². The summed E-state index contributed by atoms with van der Waals surface area (Å²) in [4.78, 5) is 6.57. The number of nitrogens with zero attached hydrogens (tertiary/aromatic N) is 2. The molecular formula is C19H31FN4O. The van der Waals surface area contributed by atoms with E-state index in [1.807, 2.05) is 12.1 Å². The van der Waals surface area contributed by atoms with Gasteiger partial charge < -0.3 is 20.3 Å². The van der Waals surface area contributed by atoms with Gasteiger partial charge in [-0.05, 0) is 44.0 Å². The van der Waals surface area contributed by atoms with Crippen LogP contribution in [0.1, 0.15) is 24.8 Å². The van der Waals surface area contributed by atoms with Crippen LogP contribution >= 0.6 is 0 Å². The minimum absolute atomic E-state index is 0.127. The third-order valence-corrected chi connectivity index (χ3v) is 4.80. The van der Waals surface area contributed by atoms with Gasteiger partial charge in [0.15, 0.2) is 5.96 Å². The van der Waals surface area contributed by atoms with Gasteiger partial charge in [0.2, 0.25) is 0 Å². The predicted octanol–water partition coefficient (Wildman–Crippen LogP) is 1.99. The fourth-order valence-electron chi connectivity index (χ4n) is 2.95. The van der Waals surface area contributed by atoms with Gasteiger partial charge in [0.05, 0.1) is 0 Å². The Kier molecular flexibility index (Phi) is 7.65. The van der Waals surface area contributed by atoms with E-state index >= 15 is 0 Å². The number of aliphatic imine (C=N–C) groups is 1. The Balaban J connectivity index is 1.71. The molecule has 1 aliphatic carbocycles. The van der Waals surface area contributed by atoms with E-state index in [1.165, 1.54) is 5.56 Å². The minimum Gasteiger partial charge on any atom is -0.385 e. The lowest BCUT2D eigenvalue weighted by Crippen LogP contribution is -2.43. The molecule has 0 spiro atoms. The van der Waals surface area contributed by atoms with Gasteiger partial charge in [-0.1, -0.05) is 12.1 Å². The van der Waals surface area contributed by atoms with Crippen LogP contribution in [0.3, 0.4) is 0 Å². The predicted molar refractivity (Wildman–Crippen MR) is 101 cm³/mol. The van der Waals surface area contributed by atoms with Crippen molar-refractivity contribution in [1.29, 1.82) is 0 Å². The monoisotopic (exact) mass is 350 g/mol. The Bertz CT molecular complexity index is 543. The van der Waals surface area contributed by atoms with Crippen molar-refractivity contribution in [3.8, 4) is 0 Å². The van der Waals surface area contributed by atoms with Crippen molar-refractivity contribution in [3.63, 3.8) is 0 Å². The third-order valence-electron chi connectivity index (χ3n) is 4.80. The molecule has 0 amide bonds. The first-order valence-electron chi connectivity index (χ1n) is 8.98. The minimum atomic E-state index is -0.181. The average Bonchev–Trinajstić information content (AvgIpc) is 3.40. The molecule has 0 bridgehead atoms. The Morgan fingerprint density at radius 1 is 1.24 bits per heavy atom. The third kappa shape index (κ3) is 6.29. The van der Waals surface area contributed by atoms with Crippen molar-refractivity contribution in [1.82, 2.24) is 15.5 Å². The highest BCUT2D eigenvalue weighted by atomic mass is 19.1. The molecule has 6 heteroatoms. The van der Waals surface area contributed by atoms with E-state index in [0.29, 0.717) is 0 Å². The summed E-state index contributed by atoms with van der Waals surface area (Å²) < 4.78 is 18.2. The molecule has 1 fully saturated rings. The zero-order valence-corrected chi connectivity index (χ0v) is 15.6. The van der Waals surface area contributed by atoms with Crippen LogP contribution in [0.5, 0.6) is 0 Å². The molecule has 0 heterocycles. The quantitative estimate of drug-likeness (QED) is 0.385. The van der Waals surface area contributed by atoms with E-state index in [0.717, 1.165) is 58.0 Å². The number of rotatable bonds is 10. The molecule has 1 aromatic carbocycles. The number of methoxy groups -OCH3 is 1. The van der Waals surface area contributed by atoms with Gasteiger partial charge in [-0.15, -0.1) is 0 Å². The second kappa shape index (κ2) is 9.73. The van der Waals surface area contributed by atoms with Gasteiger partial charge in [-0.25, -0.2) is 4.39 Å². The van der Waals surface area contributed by atoms with Gasteiger partial charge in [0.25, 0.3) is 0 Å². The number of ether oxygens (including phenoxy) is 1. The summed E-state index contributed by atoms with van der Waals surface area (Å²) in [6.07, 6.45) is 3.30. The van der Waals surface area contributed by atoms with Crippen LogP contribution in [-0.2, 0) is 10.2 Å². The van der Waals surface area contributed by atoms with Crippen LogP contribution in [0.2, 0.25) is 0 Å². The highest BCUT2D eigenvalue weighted by Crippen LogP contribution is 2.47. The molecule has 1 aliphatic rings. The number of hydrogen-bond acceptors (Lipinski definition) is 3. The molecule has 140 valence electrons. The molecule has 5 nitrogen and oxygen atoms in total. The molecule has 0 atom stereocenters. The molecule has 0 unspecified atom stereocenters. The van der Waals surface area contributed by atoms with Crippen molar-refractivity contribution in [2.24, 2.45) is 4.99 Å². The summed E-state index contributed by atoms with van der Waals surface area (Å²) >= 11 is 0. The van der Waals surface area contributed by atoms with Gasteiger partial charge in [-0.3, -0.25) is 4.99 Å². The average molecular weight is 350 g/mol. The van der Waals surface area contributed by atoms with Crippen LogP contribution < -0.4 is 10.6 Å². The van der Waals surface area contributed by atoms with Gasteiger partial charge in [-0.2, -0.15) is 0 Å². The van der Waals surface area contributed by atoms with Crippen molar-refractivity contribution >= 4 is 5.96 Å². The van der Waals surface area contributed by atoms with Crippen LogP contribution in [0.4, 0.5) is 4.39 Å². The largest absolute Gasteiger partial charge is 0.385 e. The van der Waals surface area contributed by atoms with E-state index in [-0.39, 0.29) is 11.2 Å². The standard InChI is InChI=1S/C19H31FN4O/c1-21-18(22-11-13-24(2)12-4-14-25-3)23-15-19(9-10-19)16-5-7-17(20)8-6-16/h5-8H,4,9-15H2,1-3H3,(H2,21,22,23). The van der Waals surface area contributed by atoms with E-state index in [9.17, 15) is 4.39 Å². The normalized spacial score (nSPS) is 16.1. The fourth-order valence-corrected chi connectivity index (χ4v) is 2.95. The Hall–Kier alpha value is -1.66. The lowest BCUT2D eigenvalue weighted by atomic mass is 9.96. The zero-order chi connectivity index (χ0) is 18.1. The van der Waals surface area contributed by atoms with Crippen molar-refractivity contribution in [2.45, 2.75) is 24.7 Å². The molecule has 2 rings (SSSR count). The Labute approximate surface area is 150 Å². The van der Waals surface area contributed by atoms with E-state index in [2.05, 4.69) is 27.6 Å². The maximum Gasteiger partial charge on any atom is 0.191 e. The second-order valence-corrected chi connectivity index (χ2v) is 6.79. The molecule has 1 aromatic rings. The molecule has 25 heavy (non-hydrogen) atoms. The molecule has 1 saturated carbocycles. The first-order valence-corrected chi connectivity index (χ1v) is 8.98. The van der Waals surface area contributed by atoms with Crippen LogP contribution in [0.15, 0.2) is 29.3 Å².